The smallest absolute Gasteiger partial charge is 0.328 e. The Balaban J connectivity index is 2.13. The highest BCUT2D eigenvalue weighted by atomic mass is 16.4. The molecule has 0 aliphatic carbocycles. The standard InChI is InChI=1S/C49H77N13O18/c1-21(2)14-31(43(73)61-40(25(7)67)48(78)60-37(22(3)4)45(75)57-32(19-63)44(74)58-33(20-64)49(79)80)56-46(76)39(24(6)66)62-47(77)38(23(5)65)59-36(70)18-54-42(72)30(12-13-34(51)68)55-35(69)17-53-41(71)28(50)15-26-16-52-29-11-9-8-10-27(26)29/h8-11,16,21-25,28,30-33,37-40,52,63-67H,12-15,17-20,50H2,1-7H3,(H2,51,68)(H,53,71)(H,54,72)(H,55,69)(H,56,76)(H,57,75)(H,58,74)(H,59,70)(H,60,78)(H,61,73)(H,62,77)(H,79,80)/t23-,24-,25-,28+,30+,31+,32+,33+,37+,38+,39+,40+/m1/s1. The zero-order valence-electron chi connectivity index (χ0n) is 45.4. The highest BCUT2D eigenvalue weighted by Gasteiger charge is 2.38. The molecule has 12 atom stereocenters. The number of primary amides is 1. The molecule has 31 heteroatoms. The van der Waals surface area contributed by atoms with Crippen LogP contribution in [0.4, 0.5) is 0 Å². The Morgan fingerprint density at radius 3 is 1.50 bits per heavy atom. The molecule has 0 fully saturated rings. The Hall–Kier alpha value is -7.84. The molecule has 80 heavy (non-hydrogen) atoms. The van der Waals surface area contributed by atoms with Crippen LogP contribution in [0.2, 0.25) is 0 Å². The van der Waals surface area contributed by atoms with E-state index in [1.165, 1.54) is 13.8 Å². The molecule has 0 radical (unpaired) electrons. The van der Waals surface area contributed by atoms with Crippen molar-refractivity contribution in [3.63, 3.8) is 0 Å². The lowest BCUT2D eigenvalue weighted by Crippen LogP contribution is -2.64. The highest BCUT2D eigenvalue weighted by Crippen LogP contribution is 2.19. The Morgan fingerprint density at radius 2 is 0.988 bits per heavy atom. The molecule has 21 N–H and O–H groups in total. The minimum absolute atomic E-state index is 0.125. The van der Waals surface area contributed by atoms with Gasteiger partial charge < -0.3 is 100 Å². The van der Waals surface area contributed by atoms with Crippen LogP contribution in [-0.2, 0) is 64.0 Å². The summed E-state index contributed by atoms with van der Waals surface area (Å²) in [5, 5.41) is 83.3. The third kappa shape index (κ3) is 22.1. The number of carboxylic acid groups (broad SMARTS) is 1. The monoisotopic (exact) mass is 1140 g/mol. The number of H-pyrrole nitrogens is 1. The first-order valence-corrected chi connectivity index (χ1v) is 25.5. The molecule has 1 aromatic carbocycles. The van der Waals surface area contributed by atoms with Gasteiger partial charge in [-0.1, -0.05) is 45.9 Å². The van der Waals surface area contributed by atoms with Crippen molar-refractivity contribution < 1.29 is 88.2 Å². The van der Waals surface area contributed by atoms with Gasteiger partial charge in [-0.2, -0.15) is 0 Å². The van der Waals surface area contributed by atoms with Gasteiger partial charge in [0.05, 0.1) is 50.7 Å². The summed E-state index contributed by atoms with van der Waals surface area (Å²) in [6.07, 6.45) is -4.12. The summed E-state index contributed by atoms with van der Waals surface area (Å²) >= 11 is 0. The van der Waals surface area contributed by atoms with Crippen molar-refractivity contribution in [1.29, 1.82) is 0 Å². The molecular formula is C49H77N13O18. The van der Waals surface area contributed by atoms with Gasteiger partial charge in [-0.25, -0.2) is 4.79 Å². The summed E-state index contributed by atoms with van der Waals surface area (Å²) < 4.78 is 0. The quantitative estimate of drug-likeness (QED) is 0.0309. The van der Waals surface area contributed by atoms with Gasteiger partial charge in [-0.05, 0) is 63.5 Å². The lowest BCUT2D eigenvalue weighted by molar-refractivity contribution is -0.143. The lowest BCUT2D eigenvalue weighted by Gasteiger charge is -2.30. The Morgan fingerprint density at radius 1 is 0.537 bits per heavy atom. The molecule has 0 saturated carbocycles. The number of carboxylic acids is 1. The number of hydrogen-bond acceptors (Lipinski definition) is 18. The number of aromatic nitrogens is 1. The number of aliphatic hydroxyl groups is 5. The van der Waals surface area contributed by atoms with Gasteiger partial charge in [0.25, 0.3) is 0 Å². The molecule has 1 aromatic heterocycles. The number of nitrogens with two attached hydrogens (primary N) is 2. The maximum Gasteiger partial charge on any atom is 0.328 e. The normalized spacial score (nSPS) is 15.8. The number of hydrogen-bond donors (Lipinski definition) is 19. The highest BCUT2D eigenvalue weighted by molar-refractivity contribution is 5.99. The van der Waals surface area contributed by atoms with E-state index in [1.807, 2.05) is 29.6 Å². The first kappa shape index (κ1) is 68.3. The van der Waals surface area contributed by atoms with Crippen molar-refractivity contribution in [1.82, 2.24) is 58.2 Å². The maximum atomic E-state index is 13.8. The molecule has 2 aromatic rings. The molecular weight excluding hydrogens is 1060 g/mol. The Kier molecular flexibility index (Phi) is 28.1. The van der Waals surface area contributed by atoms with E-state index in [9.17, 15) is 83.1 Å². The van der Waals surface area contributed by atoms with Crippen LogP contribution < -0.4 is 64.6 Å². The first-order chi connectivity index (χ1) is 37.4. The molecule has 446 valence electrons. The Bertz CT molecular complexity index is 2500. The number of aromatic amines is 1. The second-order valence-electron chi connectivity index (χ2n) is 19.7. The summed E-state index contributed by atoms with van der Waals surface area (Å²) in [7, 11) is 0. The van der Waals surface area contributed by atoms with Gasteiger partial charge >= 0.3 is 5.97 Å². The number of rotatable bonds is 34. The molecule has 31 nitrogen and oxygen atoms in total. The summed E-state index contributed by atoms with van der Waals surface area (Å²) in [5.41, 5.74) is 12.9. The van der Waals surface area contributed by atoms with Gasteiger partial charge in [0.1, 0.15) is 48.3 Å². The second-order valence-corrected chi connectivity index (χ2v) is 19.7. The summed E-state index contributed by atoms with van der Waals surface area (Å²) in [6.45, 7) is 5.97. The van der Waals surface area contributed by atoms with Crippen molar-refractivity contribution >= 4 is 81.9 Å². The molecule has 0 unspecified atom stereocenters. The number of carbonyl (C=O) groups excluding carboxylic acids is 11. The SMILES string of the molecule is CC(C)C[C@H](NC(=O)[C@@H](NC(=O)[C@@H](NC(=O)CNC(=O)[C@H](CCC(N)=O)NC(=O)CNC(=O)[C@@H](N)Cc1c[nH]c2ccccc12)[C@@H](C)O)[C@@H](C)O)C(=O)N[C@H](C(=O)N[C@H](C(=O)N[C@@H](CO)C(=O)N[C@@H](CO)C(=O)O)C(C)C)[C@@H](C)O. The zero-order chi connectivity index (χ0) is 60.7. The van der Waals surface area contributed by atoms with Crippen LogP contribution >= 0.6 is 0 Å². The molecule has 0 saturated heterocycles. The van der Waals surface area contributed by atoms with Crippen molar-refractivity contribution in [3.05, 3.63) is 36.0 Å². The number of nitrogens with one attached hydrogen (secondary N) is 11. The number of para-hydroxylation sites is 1. The van der Waals surface area contributed by atoms with Crippen LogP contribution in [0.1, 0.15) is 73.3 Å². The van der Waals surface area contributed by atoms with Crippen molar-refractivity contribution in [2.75, 3.05) is 26.3 Å². The minimum Gasteiger partial charge on any atom is -0.480 e. The van der Waals surface area contributed by atoms with Gasteiger partial charge in [0, 0.05) is 23.5 Å². The molecule has 0 spiro atoms. The fraction of sp³-hybridized carbons (Fsp3) is 0.592. The van der Waals surface area contributed by atoms with Gasteiger partial charge in [-0.3, -0.25) is 52.7 Å². The average molecular weight is 1140 g/mol. The third-order valence-corrected chi connectivity index (χ3v) is 12.0. The molecule has 0 bridgehead atoms. The van der Waals surface area contributed by atoms with E-state index in [0.717, 1.165) is 37.2 Å². The summed E-state index contributed by atoms with van der Waals surface area (Å²) in [4.78, 5) is 159. The van der Waals surface area contributed by atoms with E-state index < -0.39 is 182 Å². The van der Waals surface area contributed by atoms with Gasteiger partial charge in [0.2, 0.25) is 65.0 Å². The number of amides is 11. The summed E-state index contributed by atoms with van der Waals surface area (Å²) in [5.74, 6) is -14.1. The largest absolute Gasteiger partial charge is 0.480 e. The average Bonchev–Trinajstić information content (AvgIpc) is 3.79. The number of carbonyl (C=O) groups is 12. The van der Waals surface area contributed by atoms with E-state index >= 15 is 0 Å². The van der Waals surface area contributed by atoms with Crippen LogP contribution in [0.15, 0.2) is 30.5 Å². The van der Waals surface area contributed by atoms with Crippen molar-refractivity contribution in [2.24, 2.45) is 23.3 Å². The number of aliphatic carboxylic acids is 1. The second kappa shape index (κ2) is 32.9. The lowest BCUT2D eigenvalue weighted by atomic mass is 10.00. The third-order valence-electron chi connectivity index (χ3n) is 12.0. The van der Waals surface area contributed by atoms with Crippen LogP contribution in [0.3, 0.4) is 0 Å². The van der Waals surface area contributed by atoms with Crippen LogP contribution in [0.5, 0.6) is 0 Å². The van der Waals surface area contributed by atoms with E-state index in [-0.39, 0.29) is 25.2 Å². The maximum absolute atomic E-state index is 13.8. The molecule has 0 aliphatic rings. The van der Waals surface area contributed by atoms with E-state index in [1.54, 1.807) is 20.0 Å². The summed E-state index contributed by atoms with van der Waals surface area (Å²) in [6, 6.07) is -7.32. The fourth-order valence-electron chi connectivity index (χ4n) is 7.61. The molecule has 2 rings (SSSR count). The molecule has 0 aliphatic heterocycles. The van der Waals surface area contributed by atoms with Crippen molar-refractivity contribution in [3.8, 4) is 0 Å². The van der Waals surface area contributed by atoms with E-state index in [4.69, 9.17) is 16.6 Å². The Labute approximate surface area is 459 Å². The number of fused-ring (bicyclic) bond motifs is 1. The van der Waals surface area contributed by atoms with E-state index in [0.29, 0.717) is 0 Å². The van der Waals surface area contributed by atoms with Crippen molar-refractivity contribution in [2.45, 2.75) is 147 Å². The number of aliphatic hydroxyl groups excluding tert-OH is 5. The van der Waals surface area contributed by atoms with Crippen LogP contribution in [-0.4, -0.2) is 206 Å². The zero-order valence-corrected chi connectivity index (χ0v) is 45.4. The van der Waals surface area contributed by atoms with Crippen LogP contribution in [0, 0.1) is 11.8 Å². The van der Waals surface area contributed by atoms with Crippen LogP contribution in [0.25, 0.3) is 10.9 Å². The van der Waals surface area contributed by atoms with Gasteiger partial charge in [-0.15, -0.1) is 0 Å². The van der Waals surface area contributed by atoms with E-state index in [2.05, 4.69) is 52.8 Å². The topological polar surface area (TPSA) is 514 Å². The van der Waals surface area contributed by atoms with Gasteiger partial charge in [0.15, 0.2) is 0 Å². The predicted octanol–water partition coefficient (Wildman–Crippen LogP) is -7.67. The molecule has 11 amide bonds. The number of benzene rings is 1. The minimum atomic E-state index is -1.89. The molecule has 1 heterocycles. The fourth-order valence-corrected chi connectivity index (χ4v) is 7.61. The first-order valence-electron chi connectivity index (χ1n) is 25.5. The predicted molar refractivity (Wildman–Crippen MR) is 281 cm³/mol.